The minimum absolute atomic E-state index is 0.118. The predicted octanol–water partition coefficient (Wildman–Crippen LogP) is 3.11. The van der Waals surface area contributed by atoms with Gasteiger partial charge in [-0.2, -0.15) is 0 Å². The lowest BCUT2D eigenvalue weighted by atomic mass is 10.1. The maximum atomic E-state index is 12.2. The van der Waals surface area contributed by atoms with Crippen molar-refractivity contribution < 1.29 is 38.1 Å². The molecule has 0 aromatic heterocycles. The average molecular weight is 466 g/mol. The van der Waals surface area contributed by atoms with Gasteiger partial charge in [-0.3, -0.25) is 19.2 Å². The highest BCUT2D eigenvalue weighted by Crippen LogP contribution is 2.30. The van der Waals surface area contributed by atoms with Gasteiger partial charge in [-0.05, 0) is 43.4 Å². The van der Waals surface area contributed by atoms with Crippen molar-refractivity contribution in [3.05, 3.63) is 23.8 Å². The molecule has 0 heterocycles. The van der Waals surface area contributed by atoms with E-state index in [4.69, 9.17) is 18.9 Å². The molecule has 1 aromatic rings. The Bertz CT molecular complexity index is 793. The van der Waals surface area contributed by atoms with Crippen LogP contribution in [0.5, 0.6) is 11.5 Å². The van der Waals surface area contributed by atoms with Crippen LogP contribution in [0.3, 0.4) is 0 Å². The highest BCUT2D eigenvalue weighted by atomic mass is 16.6. The van der Waals surface area contributed by atoms with Crippen molar-refractivity contribution in [3.63, 3.8) is 0 Å². The highest BCUT2D eigenvalue weighted by molar-refractivity contribution is 5.77. The minimum atomic E-state index is -0.715. The first-order chi connectivity index (χ1) is 15.8. The predicted molar refractivity (Wildman–Crippen MR) is 121 cm³/mol. The number of hydrogen-bond donors (Lipinski definition) is 1. The van der Waals surface area contributed by atoms with Crippen LogP contribution in [0.25, 0.3) is 0 Å². The van der Waals surface area contributed by atoms with E-state index >= 15 is 0 Å². The van der Waals surface area contributed by atoms with Gasteiger partial charge in [-0.15, -0.1) is 0 Å². The molecule has 0 aliphatic rings. The lowest BCUT2D eigenvalue weighted by Crippen LogP contribution is -2.41. The Labute approximate surface area is 195 Å². The monoisotopic (exact) mass is 465 g/mol. The molecular formula is C24H35NO8. The van der Waals surface area contributed by atoms with Crippen LogP contribution in [0.4, 0.5) is 0 Å². The summed E-state index contributed by atoms with van der Waals surface area (Å²) in [5.41, 5.74) is 0.662. The van der Waals surface area contributed by atoms with E-state index < -0.39 is 23.9 Å². The van der Waals surface area contributed by atoms with Gasteiger partial charge in [0.05, 0.1) is 7.11 Å². The lowest BCUT2D eigenvalue weighted by molar-refractivity contribution is -0.144. The fraction of sp³-hybridized carbons (Fsp3) is 0.583. The molecule has 9 nitrogen and oxygen atoms in total. The van der Waals surface area contributed by atoms with E-state index in [2.05, 4.69) is 5.32 Å². The molecule has 184 valence electrons. The smallest absolute Gasteiger partial charge is 0.323 e. The third-order valence-electron chi connectivity index (χ3n) is 4.50. The minimum Gasteiger partial charge on any atom is -0.468 e. The van der Waals surface area contributed by atoms with Crippen LogP contribution in [-0.2, 0) is 35.1 Å². The van der Waals surface area contributed by atoms with E-state index in [1.54, 1.807) is 12.1 Å². The second kappa shape index (κ2) is 15.8. The third-order valence-corrected chi connectivity index (χ3v) is 4.50. The number of ether oxygens (including phenoxy) is 4. The summed E-state index contributed by atoms with van der Waals surface area (Å²) >= 11 is 0. The van der Waals surface area contributed by atoms with Crippen LogP contribution in [0.15, 0.2) is 18.2 Å². The molecule has 1 atom stereocenters. The van der Waals surface area contributed by atoms with Gasteiger partial charge in [0, 0.05) is 25.8 Å². The average Bonchev–Trinajstić information content (AvgIpc) is 2.77. The number of methoxy groups -OCH3 is 1. The van der Waals surface area contributed by atoms with Crippen molar-refractivity contribution in [2.75, 3.05) is 20.3 Å². The molecule has 1 aromatic carbocycles. The summed E-state index contributed by atoms with van der Waals surface area (Å²) in [5.74, 6) is -1.39. The maximum absolute atomic E-state index is 12.2. The van der Waals surface area contributed by atoms with Gasteiger partial charge in [0.2, 0.25) is 0 Å². The molecule has 1 N–H and O–H groups in total. The quantitative estimate of drug-likeness (QED) is 0.237. The van der Waals surface area contributed by atoms with Gasteiger partial charge in [-0.1, -0.05) is 26.8 Å². The molecule has 33 heavy (non-hydrogen) atoms. The molecule has 9 heteroatoms. The summed E-state index contributed by atoms with van der Waals surface area (Å²) in [5, 5.41) is 3.02. The van der Waals surface area contributed by atoms with Crippen molar-refractivity contribution in [2.24, 2.45) is 0 Å². The zero-order valence-electron chi connectivity index (χ0n) is 19.9. The van der Waals surface area contributed by atoms with Gasteiger partial charge in [0.1, 0.15) is 12.6 Å². The first-order valence-electron chi connectivity index (χ1n) is 11.4. The van der Waals surface area contributed by atoms with Crippen molar-refractivity contribution >= 4 is 23.9 Å². The van der Waals surface area contributed by atoms with Crippen LogP contribution in [-0.4, -0.2) is 50.2 Å². The molecular weight excluding hydrogens is 430 g/mol. The van der Waals surface area contributed by atoms with Crippen molar-refractivity contribution in [1.82, 2.24) is 5.32 Å². The Morgan fingerprint density at radius 3 is 2.00 bits per heavy atom. The molecule has 0 fully saturated rings. The molecule has 0 unspecified atom stereocenters. The van der Waals surface area contributed by atoms with Gasteiger partial charge in [0.25, 0.3) is 0 Å². The summed E-state index contributed by atoms with van der Waals surface area (Å²) < 4.78 is 20.7. The largest absolute Gasteiger partial charge is 0.468 e. The van der Waals surface area contributed by atoms with E-state index in [0.29, 0.717) is 31.2 Å². The number of carbonyl (C=O) groups excluding carboxylic acids is 4. The van der Waals surface area contributed by atoms with Crippen LogP contribution in [0.1, 0.15) is 64.9 Å². The topological polar surface area (TPSA) is 117 Å². The number of esters is 4. The molecule has 0 aliphatic carbocycles. The van der Waals surface area contributed by atoms with Crippen molar-refractivity contribution in [2.45, 2.75) is 71.8 Å². The summed E-state index contributed by atoms with van der Waals surface area (Å²) in [4.78, 5) is 47.7. The lowest BCUT2D eigenvalue weighted by Gasteiger charge is -2.18. The molecule has 0 spiro atoms. The fourth-order valence-corrected chi connectivity index (χ4v) is 2.89. The van der Waals surface area contributed by atoms with Gasteiger partial charge in [-0.25, -0.2) is 0 Å². The molecule has 0 saturated carbocycles. The Kier molecular flexibility index (Phi) is 13.4. The first-order valence-corrected chi connectivity index (χ1v) is 11.4. The van der Waals surface area contributed by atoms with Gasteiger partial charge in [0.15, 0.2) is 11.5 Å². The van der Waals surface area contributed by atoms with Crippen LogP contribution in [0.2, 0.25) is 0 Å². The third kappa shape index (κ3) is 11.0. The Morgan fingerprint density at radius 2 is 1.42 bits per heavy atom. The number of nitrogens with one attached hydrogen (secondary N) is 1. The Morgan fingerprint density at radius 1 is 0.848 bits per heavy atom. The Balaban J connectivity index is 2.94. The second-order valence-corrected chi connectivity index (χ2v) is 7.43. The molecule has 0 bridgehead atoms. The van der Waals surface area contributed by atoms with Crippen molar-refractivity contribution in [3.8, 4) is 11.5 Å². The van der Waals surface area contributed by atoms with E-state index in [1.807, 2.05) is 20.8 Å². The highest BCUT2D eigenvalue weighted by Gasteiger charge is 2.21. The zero-order valence-corrected chi connectivity index (χ0v) is 19.9. The van der Waals surface area contributed by atoms with Gasteiger partial charge < -0.3 is 24.3 Å². The zero-order chi connectivity index (χ0) is 24.6. The number of hydrogen-bond acceptors (Lipinski definition) is 9. The van der Waals surface area contributed by atoms with E-state index in [0.717, 1.165) is 0 Å². The van der Waals surface area contributed by atoms with Crippen LogP contribution in [0, 0.1) is 0 Å². The molecule has 0 aliphatic heterocycles. The maximum Gasteiger partial charge on any atom is 0.323 e. The molecule has 1 rings (SSSR count). The summed E-state index contributed by atoms with van der Waals surface area (Å²) in [7, 11) is 1.28. The van der Waals surface area contributed by atoms with Crippen LogP contribution >= 0.6 is 0 Å². The number of rotatable bonds is 15. The molecule has 0 radical (unpaired) electrons. The summed E-state index contributed by atoms with van der Waals surface area (Å²) in [6.07, 6.45) is 2.96. The number of carbonyl (C=O) groups is 4. The normalized spacial score (nSPS) is 11.4. The second-order valence-electron chi connectivity index (χ2n) is 7.43. The molecule has 0 saturated heterocycles. The fourth-order valence-electron chi connectivity index (χ4n) is 2.89. The van der Waals surface area contributed by atoms with E-state index in [-0.39, 0.29) is 49.9 Å². The van der Waals surface area contributed by atoms with Crippen molar-refractivity contribution in [1.29, 1.82) is 0 Å². The van der Waals surface area contributed by atoms with Gasteiger partial charge >= 0.3 is 23.9 Å². The SMILES string of the molecule is CCCC(=O)OCCN[C@@H](Cc1ccc(OC(=O)CCC)c(OC(=O)CCC)c1)C(=O)OC. The summed E-state index contributed by atoms with van der Waals surface area (Å²) in [6, 6.07) is 4.08. The van der Waals surface area contributed by atoms with E-state index in [9.17, 15) is 19.2 Å². The number of benzene rings is 1. The van der Waals surface area contributed by atoms with E-state index in [1.165, 1.54) is 13.2 Å². The standard InChI is InChI=1S/C24H35NO8/c1-5-8-21(26)31-14-13-25-18(24(29)30-4)15-17-11-12-19(32-22(27)9-6-2)20(16-17)33-23(28)10-7-3/h11-12,16,18,25H,5-10,13-15H2,1-4H3/t18-/m0/s1. The van der Waals surface area contributed by atoms with Crippen LogP contribution < -0.4 is 14.8 Å². The first kappa shape index (κ1) is 28.1. The molecule has 0 amide bonds. The summed E-state index contributed by atoms with van der Waals surface area (Å²) in [6.45, 7) is 5.98. The Hall–Kier alpha value is -2.94.